The number of benzene rings is 1. The predicted molar refractivity (Wildman–Crippen MR) is 137 cm³/mol. The van der Waals surface area contributed by atoms with Crippen LogP contribution in [0.2, 0.25) is 0 Å². The highest BCUT2D eigenvalue weighted by Crippen LogP contribution is 2.29. The van der Waals surface area contributed by atoms with E-state index in [1.165, 1.54) is 6.07 Å². The molecular weight excluding hydrogens is 464 g/mol. The maximum absolute atomic E-state index is 12.8. The van der Waals surface area contributed by atoms with Crippen molar-refractivity contribution in [1.82, 2.24) is 10.6 Å². The molecule has 0 saturated carbocycles. The van der Waals surface area contributed by atoms with Gasteiger partial charge in [0, 0.05) is 17.0 Å². The van der Waals surface area contributed by atoms with Gasteiger partial charge in [-0.15, -0.1) is 0 Å². The molecule has 0 aliphatic rings. The number of carbonyl (C=O) groups excluding carboxylic acids is 2. The highest BCUT2D eigenvalue weighted by molar-refractivity contribution is 5.91. The SMILES string of the molecule is CCCCc1cc(=O)oc2c(C)c(OCC(=O)N[C@@H](CC(C)C)C(=O)N[C@H](C(=O)O)C(C)C)ccc12. The number of carboxylic acid groups (broad SMARTS) is 1. The van der Waals surface area contributed by atoms with Crippen LogP contribution in [0.4, 0.5) is 0 Å². The number of aliphatic carboxylic acids is 1. The van der Waals surface area contributed by atoms with Crippen LogP contribution >= 0.6 is 0 Å². The third-order valence-corrected chi connectivity index (χ3v) is 5.94. The second kappa shape index (κ2) is 13.1. The number of ether oxygens (including phenoxy) is 1. The third kappa shape index (κ3) is 7.83. The van der Waals surface area contributed by atoms with Gasteiger partial charge in [0.15, 0.2) is 6.61 Å². The molecule has 0 aliphatic carbocycles. The Balaban J connectivity index is 2.14. The van der Waals surface area contributed by atoms with Gasteiger partial charge < -0.3 is 24.9 Å². The summed E-state index contributed by atoms with van der Waals surface area (Å²) in [5.41, 5.74) is 1.51. The molecule has 2 rings (SSSR count). The minimum absolute atomic E-state index is 0.0804. The molecule has 2 amide bonds. The van der Waals surface area contributed by atoms with E-state index in [4.69, 9.17) is 9.15 Å². The maximum Gasteiger partial charge on any atom is 0.336 e. The second-order valence-electron chi connectivity index (χ2n) is 9.87. The van der Waals surface area contributed by atoms with E-state index in [-0.39, 0.29) is 18.4 Å². The molecule has 36 heavy (non-hydrogen) atoms. The molecule has 2 atom stereocenters. The average Bonchev–Trinajstić information content (AvgIpc) is 2.79. The number of aryl methyl sites for hydroxylation is 2. The summed E-state index contributed by atoms with van der Waals surface area (Å²) in [6.07, 6.45) is 3.05. The number of nitrogens with one attached hydrogen (secondary N) is 2. The van der Waals surface area contributed by atoms with Crippen LogP contribution in [0.1, 0.15) is 65.0 Å². The van der Waals surface area contributed by atoms with Gasteiger partial charge in [0.25, 0.3) is 5.91 Å². The quantitative estimate of drug-likeness (QED) is 0.356. The van der Waals surface area contributed by atoms with E-state index >= 15 is 0 Å². The van der Waals surface area contributed by atoms with Crippen molar-refractivity contribution in [2.24, 2.45) is 11.8 Å². The standard InChI is InChI=1S/C27H38N2O7/c1-7-8-9-18-13-23(31)36-25-17(6)21(11-10-19(18)25)35-14-22(30)28-20(12-15(2)3)26(32)29-24(16(4)5)27(33)34/h10-11,13,15-16,20,24H,7-9,12,14H2,1-6H3,(H,28,30)(H,29,32)(H,33,34)/t20-,24-/m0/s1. The Morgan fingerprint density at radius 3 is 2.39 bits per heavy atom. The van der Waals surface area contributed by atoms with Crippen LogP contribution < -0.4 is 21.0 Å². The molecule has 2 aromatic rings. The number of amides is 2. The van der Waals surface area contributed by atoms with Crippen LogP contribution in [0.3, 0.4) is 0 Å². The van der Waals surface area contributed by atoms with E-state index in [1.807, 2.05) is 19.9 Å². The Morgan fingerprint density at radius 1 is 1.11 bits per heavy atom. The number of carboxylic acids is 1. The molecule has 3 N–H and O–H groups in total. The predicted octanol–water partition coefficient (Wildman–Crippen LogP) is 3.58. The summed E-state index contributed by atoms with van der Waals surface area (Å²) in [4.78, 5) is 49.0. The Morgan fingerprint density at radius 2 is 1.81 bits per heavy atom. The fourth-order valence-electron chi connectivity index (χ4n) is 3.99. The van der Waals surface area contributed by atoms with E-state index in [1.54, 1.807) is 26.8 Å². The zero-order chi connectivity index (χ0) is 27.0. The molecule has 0 saturated heterocycles. The summed E-state index contributed by atoms with van der Waals surface area (Å²) in [7, 11) is 0. The monoisotopic (exact) mass is 502 g/mol. The number of hydrogen-bond acceptors (Lipinski definition) is 6. The fraction of sp³-hybridized carbons (Fsp3) is 0.556. The highest BCUT2D eigenvalue weighted by Gasteiger charge is 2.29. The largest absolute Gasteiger partial charge is 0.483 e. The first kappa shape index (κ1) is 28.9. The maximum atomic E-state index is 12.8. The van der Waals surface area contributed by atoms with Gasteiger partial charge in [-0.25, -0.2) is 9.59 Å². The van der Waals surface area contributed by atoms with Crippen LogP contribution in [0.25, 0.3) is 11.0 Å². The Hall–Kier alpha value is -3.36. The average molecular weight is 503 g/mol. The van der Waals surface area contributed by atoms with Crippen LogP contribution in [0, 0.1) is 18.8 Å². The van der Waals surface area contributed by atoms with Gasteiger partial charge in [-0.1, -0.05) is 41.0 Å². The topological polar surface area (TPSA) is 135 Å². The van der Waals surface area contributed by atoms with Crippen LogP contribution in [0.15, 0.2) is 27.4 Å². The molecule has 0 bridgehead atoms. The number of hydrogen-bond donors (Lipinski definition) is 3. The summed E-state index contributed by atoms with van der Waals surface area (Å²) in [5.74, 6) is -2.05. The zero-order valence-corrected chi connectivity index (χ0v) is 22.0. The molecule has 0 spiro atoms. The number of fused-ring (bicyclic) bond motifs is 1. The molecule has 0 fully saturated rings. The smallest absolute Gasteiger partial charge is 0.336 e. The van der Waals surface area contributed by atoms with E-state index in [0.717, 1.165) is 30.2 Å². The lowest BCUT2D eigenvalue weighted by Gasteiger charge is -2.24. The molecule has 0 radical (unpaired) electrons. The lowest BCUT2D eigenvalue weighted by Crippen LogP contribution is -2.54. The van der Waals surface area contributed by atoms with Crippen molar-refractivity contribution in [3.63, 3.8) is 0 Å². The first-order valence-corrected chi connectivity index (χ1v) is 12.5. The van der Waals surface area contributed by atoms with Crippen molar-refractivity contribution in [3.05, 3.63) is 39.7 Å². The molecule has 0 aliphatic heterocycles. The summed E-state index contributed by atoms with van der Waals surface area (Å²) < 4.78 is 11.1. The van der Waals surface area contributed by atoms with Crippen molar-refractivity contribution >= 4 is 28.8 Å². The number of rotatable bonds is 13. The van der Waals surface area contributed by atoms with Crippen molar-refractivity contribution in [3.8, 4) is 5.75 Å². The van der Waals surface area contributed by atoms with Crippen molar-refractivity contribution in [2.45, 2.75) is 79.3 Å². The molecule has 198 valence electrons. The van der Waals surface area contributed by atoms with Gasteiger partial charge in [0.1, 0.15) is 23.4 Å². The van der Waals surface area contributed by atoms with E-state index < -0.39 is 35.5 Å². The summed E-state index contributed by atoms with van der Waals surface area (Å²) in [6, 6.07) is 3.10. The summed E-state index contributed by atoms with van der Waals surface area (Å²) >= 11 is 0. The van der Waals surface area contributed by atoms with Gasteiger partial charge >= 0.3 is 11.6 Å². The van der Waals surface area contributed by atoms with Gasteiger partial charge in [0.2, 0.25) is 5.91 Å². The van der Waals surface area contributed by atoms with Gasteiger partial charge in [-0.3, -0.25) is 9.59 Å². The Labute approximate surface area is 211 Å². The van der Waals surface area contributed by atoms with E-state index in [2.05, 4.69) is 17.6 Å². The first-order chi connectivity index (χ1) is 16.9. The molecule has 9 heteroatoms. The minimum Gasteiger partial charge on any atom is -0.483 e. The molecule has 0 unspecified atom stereocenters. The van der Waals surface area contributed by atoms with Gasteiger partial charge in [-0.2, -0.15) is 0 Å². The van der Waals surface area contributed by atoms with Crippen molar-refractivity contribution < 1.29 is 28.6 Å². The normalized spacial score (nSPS) is 13.0. The Bertz CT molecular complexity index is 1140. The van der Waals surface area contributed by atoms with Crippen LogP contribution in [0.5, 0.6) is 5.75 Å². The number of carbonyl (C=O) groups is 3. The van der Waals surface area contributed by atoms with Crippen LogP contribution in [-0.2, 0) is 20.8 Å². The van der Waals surface area contributed by atoms with Gasteiger partial charge in [-0.05, 0) is 55.7 Å². The first-order valence-electron chi connectivity index (χ1n) is 12.5. The second-order valence-corrected chi connectivity index (χ2v) is 9.87. The highest BCUT2D eigenvalue weighted by atomic mass is 16.5. The molecular formula is C27H38N2O7. The molecule has 1 heterocycles. The Kier molecular flexibility index (Phi) is 10.5. The minimum atomic E-state index is -1.13. The molecule has 1 aromatic heterocycles. The summed E-state index contributed by atoms with van der Waals surface area (Å²) in [6.45, 7) is 10.7. The fourth-order valence-corrected chi connectivity index (χ4v) is 3.99. The van der Waals surface area contributed by atoms with Crippen molar-refractivity contribution in [1.29, 1.82) is 0 Å². The van der Waals surface area contributed by atoms with Crippen molar-refractivity contribution in [2.75, 3.05) is 6.61 Å². The lowest BCUT2D eigenvalue weighted by atomic mass is 10.0. The number of unbranched alkanes of at least 4 members (excludes halogenated alkanes) is 1. The zero-order valence-electron chi connectivity index (χ0n) is 22.0. The third-order valence-electron chi connectivity index (χ3n) is 5.94. The summed E-state index contributed by atoms with van der Waals surface area (Å²) in [5, 5.41) is 15.4. The lowest BCUT2D eigenvalue weighted by molar-refractivity contribution is -0.143. The molecule has 9 nitrogen and oxygen atoms in total. The van der Waals surface area contributed by atoms with E-state index in [0.29, 0.717) is 23.3 Å². The molecule has 1 aromatic carbocycles. The van der Waals surface area contributed by atoms with Crippen LogP contribution in [-0.4, -0.2) is 41.6 Å². The van der Waals surface area contributed by atoms with E-state index in [9.17, 15) is 24.3 Å². The van der Waals surface area contributed by atoms with Gasteiger partial charge in [0.05, 0.1) is 0 Å².